The number of pyridine rings is 1. The number of hydrogen-bond acceptors (Lipinski definition) is 4. The van der Waals surface area contributed by atoms with Crippen molar-refractivity contribution in [1.82, 2.24) is 10.3 Å². The van der Waals surface area contributed by atoms with Crippen LogP contribution in [0, 0.1) is 6.92 Å². The fourth-order valence-electron chi connectivity index (χ4n) is 3.12. The number of aliphatic hydroxyl groups excluding tert-OH is 1. The largest absolute Gasteiger partial charge is 0.416 e. The Kier molecular flexibility index (Phi) is 6.91. The van der Waals surface area contributed by atoms with E-state index in [4.69, 9.17) is 5.11 Å². The minimum absolute atomic E-state index is 0.141. The van der Waals surface area contributed by atoms with E-state index in [9.17, 15) is 18.0 Å². The Morgan fingerprint density at radius 2 is 1.81 bits per heavy atom. The van der Waals surface area contributed by atoms with Gasteiger partial charge in [0.1, 0.15) is 5.82 Å². The molecule has 1 aromatic heterocycles. The molecule has 162 valence electrons. The van der Waals surface area contributed by atoms with Gasteiger partial charge in [0.05, 0.1) is 12.2 Å². The number of aromatic nitrogens is 1. The minimum atomic E-state index is -4.35. The topological polar surface area (TPSA) is 74.2 Å². The molecule has 0 bridgehead atoms. The average molecular weight is 429 g/mol. The van der Waals surface area contributed by atoms with Crippen molar-refractivity contribution in [2.45, 2.75) is 19.5 Å². The number of benzene rings is 2. The number of nitrogens with one attached hydrogen (secondary N) is 2. The van der Waals surface area contributed by atoms with Crippen molar-refractivity contribution < 1.29 is 23.1 Å². The number of carbonyl (C=O) groups is 1. The first kappa shape index (κ1) is 22.3. The summed E-state index contributed by atoms with van der Waals surface area (Å²) in [6.45, 7) is 1.84. The first-order chi connectivity index (χ1) is 14.8. The summed E-state index contributed by atoms with van der Waals surface area (Å²) < 4.78 is 38.2. The van der Waals surface area contributed by atoms with Crippen LogP contribution in [0.1, 0.15) is 32.6 Å². The maximum absolute atomic E-state index is 12.7. The normalized spacial score (nSPS) is 11.3. The third-order valence-corrected chi connectivity index (χ3v) is 4.75. The number of alkyl halides is 3. The van der Waals surface area contributed by atoms with Gasteiger partial charge in [-0.3, -0.25) is 4.79 Å². The lowest BCUT2D eigenvalue weighted by Gasteiger charge is -2.13. The molecule has 31 heavy (non-hydrogen) atoms. The van der Waals surface area contributed by atoms with E-state index in [0.717, 1.165) is 28.8 Å². The molecule has 0 saturated carbocycles. The van der Waals surface area contributed by atoms with Gasteiger partial charge >= 0.3 is 6.18 Å². The average Bonchev–Trinajstić information content (AvgIpc) is 2.73. The van der Waals surface area contributed by atoms with Crippen molar-refractivity contribution in [2.75, 3.05) is 18.5 Å². The first-order valence-electron chi connectivity index (χ1n) is 9.64. The molecule has 0 spiro atoms. The van der Waals surface area contributed by atoms with Crippen LogP contribution < -0.4 is 10.6 Å². The lowest BCUT2D eigenvalue weighted by molar-refractivity contribution is -0.137. The minimum Gasteiger partial charge on any atom is -0.395 e. The molecule has 0 aliphatic heterocycles. The zero-order valence-corrected chi connectivity index (χ0v) is 16.8. The molecule has 1 heterocycles. The van der Waals surface area contributed by atoms with Crippen molar-refractivity contribution in [2.24, 2.45) is 0 Å². The van der Waals surface area contributed by atoms with Crippen molar-refractivity contribution in [3.63, 3.8) is 0 Å². The molecule has 1 amide bonds. The maximum atomic E-state index is 12.7. The number of carbonyl (C=O) groups excluding carboxylic acids is 1. The van der Waals surface area contributed by atoms with E-state index in [2.05, 4.69) is 15.6 Å². The second kappa shape index (κ2) is 9.61. The van der Waals surface area contributed by atoms with Gasteiger partial charge in [-0.05, 0) is 66.4 Å². The molecule has 8 heteroatoms. The van der Waals surface area contributed by atoms with E-state index in [1.807, 2.05) is 19.1 Å². The van der Waals surface area contributed by atoms with E-state index < -0.39 is 11.7 Å². The number of rotatable bonds is 7. The molecule has 0 saturated heterocycles. The van der Waals surface area contributed by atoms with Crippen LogP contribution in [0.4, 0.5) is 24.7 Å². The van der Waals surface area contributed by atoms with Gasteiger partial charge < -0.3 is 15.7 Å². The molecular formula is C23H22F3N3O2. The standard InChI is InChI=1S/C23H22F3N3O2/c1-15-19(22(31)28-11-12-30)3-2-4-20(15)29-21-14-17(9-10-27-21)13-16-5-7-18(8-6-16)23(24,25)26/h2-10,14,30H,11-13H2,1H3,(H,27,29)(H,28,31). The smallest absolute Gasteiger partial charge is 0.395 e. The van der Waals surface area contributed by atoms with Gasteiger partial charge in [0, 0.05) is 24.0 Å². The Hall–Kier alpha value is -3.39. The number of hydrogen-bond donors (Lipinski definition) is 3. The fourth-order valence-corrected chi connectivity index (χ4v) is 3.12. The summed E-state index contributed by atoms with van der Waals surface area (Å²) in [6.07, 6.45) is -2.28. The SMILES string of the molecule is Cc1c(Nc2cc(Cc3ccc(C(F)(F)F)cc3)ccn2)cccc1C(=O)NCCO. The number of halogens is 3. The highest BCUT2D eigenvalue weighted by molar-refractivity contribution is 5.97. The van der Waals surface area contributed by atoms with E-state index in [0.29, 0.717) is 23.5 Å². The number of anilines is 2. The Labute approximate surface area is 178 Å². The molecule has 0 fully saturated rings. The Morgan fingerprint density at radius 1 is 1.06 bits per heavy atom. The second-order valence-electron chi connectivity index (χ2n) is 7.00. The Morgan fingerprint density at radius 3 is 2.48 bits per heavy atom. The Balaban J connectivity index is 1.75. The van der Waals surface area contributed by atoms with Crippen LogP contribution in [-0.2, 0) is 12.6 Å². The molecule has 3 aromatic rings. The van der Waals surface area contributed by atoms with Crippen LogP contribution >= 0.6 is 0 Å². The van der Waals surface area contributed by atoms with Crippen molar-refractivity contribution >= 4 is 17.4 Å². The molecule has 3 rings (SSSR count). The first-order valence-corrected chi connectivity index (χ1v) is 9.64. The maximum Gasteiger partial charge on any atom is 0.416 e. The lowest BCUT2D eigenvalue weighted by atomic mass is 10.0. The molecule has 3 N–H and O–H groups in total. The Bertz CT molecular complexity index is 1050. The number of nitrogens with zero attached hydrogens (tertiary/aromatic N) is 1. The summed E-state index contributed by atoms with van der Waals surface area (Å²) in [5.74, 6) is 0.277. The van der Waals surface area contributed by atoms with Crippen LogP contribution in [0.5, 0.6) is 0 Å². The summed E-state index contributed by atoms with van der Waals surface area (Å²) >= 11 is 0. The quantitative estimate of drug-likeness (QED) is 0.518. The molecule has 0 atom stereocenters. The molecule has 0 aliphatic rings. The van der Waals surface area contributed by atoms with Gasteiger partial charge in [0.2, 0.25) is 0 Å². The molecule has 2 aromatic carbocycles. The van der Waals surface area contributed by atoms with Crippen molar-refractivity contribution in [3.8, 4) is 0 Å². The van der Waals surface area contributed by atoms with E-state index >= 15 is 0 Å². The highest BCUT2D eigenvalue weighted by Gasteiger charge is 2.29. The summed E-state index contributed by atoms with van der Waals surface area (Å²) in [5.41, 5.74) is 2.88. The van der Waals surface area contributed by atoms with E-state index in [1.165, 1.54) is 12.1 Å². The third-order valence-electron chi connectivity index (χ3n) is 4.75. The van der Waals surface area contributed by atoms with Crippen LogP contribution in [0.3, 0.4) is 0 Å². The van der Waals surface area contributed by atoms with Gasteiger partial charge in [-0.25, -0.2) is 4.98 Å². The summed E-state index contributed by atoms with van der Waals surface area (Å²) in [4.78, 5) is 16.5. The zero-order chi connectivity index (χ0) is 22.4. The summed E-state index contributed by atoms with van der Waals surface area (Å²) in [6, 6.07) is 14.0. The predicted molar refractivity (Wildman–Crippen MR) is 112 cm³/mol. The van der Waals surface area contributed by atoms with Gasteiger partial charge in [0.25, 0.3) is 5.91 Å². The predicted octanol–water partition coefficient (Wildman–Crippen LogP) is 4.47. The summed E-state index contributed by atoms with van der Waals surface area (Å²) in [7, 11) is 0. The number of amides is 1. The van der Waals surface area contributed by atoms with Gasteiger partial charge in [0.15, 0.2) is 0 Å². The zero-order valence-electron chi connectivity index (χ0n) is 16.8. The number of aliphatic hydroxyl groups is 1. The van der Waals surface area contributed by atoms with E-state index in [-0.39, 0.29) is 19.1 Å². The lowest BCUT2D eigenvalue weighted by Crippen LogP contribution is -2.27. The monoisotopic (exact) mass is 429 g/mol. The summed E-state index contributed by atoms with van der Waals surface area (Å²) in [5, 5.41) is 14.7. The van der Waals surface area contributed by atoms with Gasteiger partial charge in [-0.1, -0.05) is 18.2 Å². The molecule has 0 aliphatic carbocycles. The highest BCUT2D eigenvalue weighted by atomic mass is 19.4. The van der Waals surface area contributed by atoms with Crippen molar-refractivity contribution in [3.05, 3.63) is 88.6 Å². The van der Waals surface area contributed by atoms with Crippen LogP contribution in [-0.4, -0.2) is 29.1 Å². The van der Waals surface area contributed by atoms with Gasteiger partial charge in [-0.15, -0.1) is 0 Å². The molecule has 0 radical (unpaired) electrons. The fraction of sp³-hybridized carbons (Fsp3) is 0.217. The van der Waals surface area contributed by atoms with Crippen LogP contribution in [0.25, 0.3) is 0 Å². The molecular weight excluding hydrogens is 407 g/mol. The molecule has 5 nitrogen and oxygen atoms in total. The van der Waals surface area contributed by atoms with Gasteiger partial charge in [-0.2, -0.15) is 13.2 Å². The second-order valence-corrected chi connectivity index (χ2v) is 7.00. The highest BCUT2D eigenvalue weighted by Crippen LogP contribution is 2.29. The van der Waals surface area contributed by atoms with Crippen LogP contribution in [0.2, 0.25) is 0 Å². The van der Waals surface area contributed by atoms with Crippen molar-refractivity contribution in [1.29, 1.82) is 0 Å². The third kappa shape index (κ3) is 5.82. The van der Waals surface area contributed by atoms with Crippen LogP contribution in [0.15, 0.2) is 60.8 Å². The molecule has 0 unspecified atom stereocenters. The van der Waals surface area contributed by atoms with E-state index in [1.54, 1.807) is 24.4 Å².